The molecule has 1 aliphatic rings. The monoisotopic (exact) mass is 298 g/mol. The van der Waals surface area contributed by atoms with Crippen LogP contribution in [0.5, 0.6) is 0 Å². The number of ether oxygens (including phenoxy) is 1. The van der Waals surface area contributed by atoms with Crippen molar-refractivity contribution in [2.24, 2.45) is 5.41 Å². The van der Waals surface area contributed by atoms with E-state index >= 15 is 0 Å². The van der Waals surface area contributed by atoms with Crippen LogP contribution in [0.1, 0.15) is 25.5 Å². The van der Waals surface area contributed by atoms with Gasteiger partial charge in [-0.1, -0.05) is 0 Å². The third kappa shape index (κ3) is 2.94. The molecule has 0 aliphatic carbocycles. The lowest BCUT2D eigenvalue weighted by molar-refractivity contribution is -0.148. The van der Waals surface area contributed by atoms with Crippen LogP contribution in [0.25, 0.3) is 0 Å². The van der Waals surface area contributed by atoms with Crippen molar-refractivity contribution in [3.8, 4) is 0 Å². The molecule has 20 heavy (non-hydrogen) atoms. The molecule has 1 aromatic heterocycles. The molecular formula is C13H18N2O4S. The summed E-state index contributed by atoms with van der Waals surface area (Å²) in [5.74, 6) is -0.966. The minimum Gasteiger partial charge on any atom is -0.481 e. The van der Waals surface area contributed by atoms with E-state index in [4.69, 9.17) is 4.74 Å². The summed E-state index contributed by atoms with van der Waals surface area (Å²) in [5, 5.41) is 18.6. The Kier molecular flexibility index (Phi) is 4.29. The molecule has 2 heterocycles. The summed E-state index contributed by atoms with van der Waals surface area (Å²) in [4.78, 5) is 23.2. The first-order chi connectivity index (χ1) is 9.43. The van der Waals surface area contributed by atoms with Crippen molar-refractivity contribution in [3.05, 3.63) is 22.4 Å². The first-order valence-corrected chi connectivity index (χ1v) is 7.28. The highest BCUT2D eigenvalue weighted by Crippen LogP contribution is 2.28. The number of urea groups is 1. The van der Waals surface area contributed by atoms with Crippen LogP contribution in [0.2, 0.25) is 0 Å². The van der Waals surface area contributed by atoms with Gasteiger partial charge in [-0.2, -0.15) is 11.3 Å². The summed E-state index contributed by atoms with van der Waals surface area (Å²) in [6.45, 7) is 3.77. The van der Waals surface area contributed by atoms with Gasteiger partial charge in [0.05, 0.1) is 25.3 Å². The van der Waals surface area contributed by atoms with E-state index < -0.39 is 17.4 Å². The van der Waals surface area contributed by atoms with Crippen LogP contribution in [0.15, 0.2) is 16.8 Å². The number of amides is 2. The molecule has 0 spiro atoms. The van der Waals surface area contributed by atoms with E-state index in [9.17, 15) is 14.7 Å². The lowest BCUT2D eigenvalue weighted by atomic mass is 9.85. The van der Waals surface area contributed by atoms with E-state index in [2.05, 4.69) is 10.6 Å². The second-order valence-corrected chi connectivity index (χ2v) is 5.97. The maximum absolute atomic E-state index is 11.9. The summed E-state index contributed by atoms with van der Waals surface area (Å²) in [6.07, 6.45) is 0. The van der Waals surface area contributed by atoms with Gasteiger partial charge >= 0.3 is 12.0 Å². The summed E-state index contributed by atoms with van der Waals surface area (Å²) < 4.78 is 5.19. The normalized spacial score (nSPS) is 27.0. The highest BCUT2D eigenvalue weighted by molar-refractivity contribution is 7.07. The van der Waals surface area contributed by atoms with Gasteiger partial charge in [-0.25, -0.2) is 4.79 Å². The second-order valence-electron chi connectivity index (χ2n) is 5.19. The highest BCUT2D eigenvalue weighted by Gasteiger charge is 2.47. The molecule has 7 heteroatoms. The minimum absolute atomic E-state index is 0.105. The largest absolute Gasteiger partial charge is 0.481 e. The van der Waals surface area contributed by atoms with Gasteiger partial charge in [0.25, 0.3) is 0 Å². The molecule has 0 saturated carbocycles. The SMILES string of the molecule is CC(NC(=O)NC1COCC1(C)C(=O)O)c1ccsc1. The number of carboxylic acid groups (broad SMARTS) is 1. The van der Waals surface area contributed by atoms with E-state index in [1.54, 1.807) is 18.3 Å². The number of carbonyl (C=O) groups excluding carboxylic acids is 1. The van der Waals surface area contributed by atoms with E-state index in [0.717, 1.165) is 5.56 Å². The second kappa shape index (κ2) is 5.80. The smallest absolute Gasteiger partial charge is 0.315 e. The molecule has 3 unspecified atom stereocenters. The number of rotatable bonds is 4. The van der Waals surface area contributed by atoms with Crippen LogP contribution in [0.3, 0.4) is 0 Å². The van der Waals surface area contributed by atoms with Crippen molar-refractivity contribution in [1.29, 1.82) is 0 Å². The minimum atomic E-state index is -1.08. The number of aliphatic carboxylic acids is 1. The quantitative estimate of drug-likeness (QED) is 0.788. The van der Waals surface area contributed by atoms with Gasteiger partial charge in [0.15, 0.2) is 0 Å². The molecule has 6 nitrogen and oxygen atoms in total. The zero-order valence-corrected chi connectivity index (χ0v) is 12.2. The Bertz CT molecular complexity index is 491. The molecule has 1 aliphatic heterocycles. The predicted octanol–water partition coefficient (Wildman–Crippen LogP) is 1.60. The number of carboxylic acids is 1. The molecule has 1 aromatic rings. The van der Waals surface area contributed by atoms with Gasteiger partial charge in [-0.15, -0.1) is 0 Å². The molecule has 2 rings (SSSR count). The van der Waals surface area contributed by atoms with Gasteiger partial charge in [0, 0.05) is 0 Å². The highest BCUT2D eigenvalue weighted by atomic mass is 32.1. The fourth-order valence-electron chi connectivity index (χ4n) is 2.09. The third-order valence-corrected chi connectivity index (χ3v) is 4.34. The topological polar surface area (TPSA) is 87.7 Å². The zero-order valence-electron chi connectivity index (χ0n) is 11.4. The molecule has 0 bridgehead atoms. The lowest BCUT2D eigenvalue weighted by Gasteiger charge is -2.26. The Morgan fingerprint density at radius 1 is 1.60 bits per heavy atom. The maximum Gasteiger partial charge on any atom is 0.315 e. The Labute approximate surface area is 121 Å². The number of thiophene rings is 1. The van der Waals surface area contributed by atoms with E-state index in [-0.39, 0.29) is 25.3 Å². The molecule has 2 amide bonds. The van der Waals surface area contributed by atoms with Crippen LogP contribution in [-0.2, 0) is 9.53 Å². The van der Waals surface area contributed by atoms with Crippen LogP contribution in [0.4, 0.5) is 4.79 Å². The Balaban J connectivity index is 1.93. The molecule has 0 aromatic carbocycles. The Hall–Kier alpha value is -1.60. The third-order valence-electron chi connectivity index (χ3n) is 3.64. The first kappa shape index (κ1) is 14.8. The summed E-state index contributed by atoms with van der Waals surface area (Å²) in [7, 11) is 0. The summed E-state index contributed by atoms with van der Waals surface area (Å²) in [6, 6.07) is 0.899. The standard InChI is InChI=1S/C13H18N2O4S/c1-8(9-3-4-20-6-9)14-12(18)15-10-5-19-7-13(10,2)11(16)17/h3-4,6,8,10H,5,7H2,1-2H3,(H,16,17)(H2,14,15,18). The van der Waals surface area contributed by atoms with Crippen LogP contribution >= 0.6 is 11.3 Å². The van der Waals surface area contributed by atoms with E-state index in [1.165, 1.54) is 0 Å². The first-order valence-electron chi connectivity index (χ1n) is 6.34. The van der Waals surface area contributed by atoms with Crippen molar-refractivity contribution in [2.45, 2.75) is 25.9 Å². The van der Waals surface area contributed by atoms with Crippen LogP contribution in [0, 0.1) is 5.41 Å². The summed E-state index contributed by atoms with van der Waals surface area (Å²) in [5.41, 5.74) is -0.0583. The molecule has 0 radical (unpaired) electrons. The number of hydrogen-bond donors (Lipinski definition) is 3. The average molecular weight is 298 g/mol. The van der Waals surface area contributed by atoms with Crippen molar-refractivity contribution in [3.63, 3.8) is 0 Å². The maximum atomic E-state index is 11.9. The fraction of sp³-hybridized carbons (Fsp3) is 0.538. The van der Waals surface area contributed by atoms with Crippen molar-refractivity contribution in [2.75, 3.05) is 13.2 Å². The van der Waals surface area contributed by atoms with Crippen molar-refractivity contribution >= 4 is 23.3 Å². The number of carbonyl (C=O) groups is 2. The molecule has 3 N–H and O–H groups in total. The van der Waals surface area contributed by atoms with Crippen LogP contribution in [-0.4, -0.2) is 36.4 Å². The Morgan fingerprint density at radius 3 is 2.95 bits per heavy atom. The molecule has 1 saturated heterocycles. The predicted molar refractivity (Wildman–Crippen MR) is 74.8 cm³/mol. The van der Waals surface area contributed by atoms with E-state index in [0.29, 0.717) is 0 Å². The van der Waals surface area contributed by atoms with Gasteiger partial charge in [0.1, 0.15) is 5.41 Å². The van der Waals surface area contributed by atoms with Gasteiger partial charge < -0.3 is 20.5 Å². The van der Waals surface area contributed by atoms with Gasteiger partial charge in [0.2, 0.25) is 0 Å². The fourth-order valence-corrected chi connectivity index (χ4v) is 2.84. The van der Waals surface area contributed by atoms with Crippen molar-refractivity contribution < 1.29 is 19.4 Å². The average Bonchev–Trinajstić information content (AvgIpc) is 3.00. The molecule has 1 fully saturated rings. The molecular weight excluding hydrogens is 280 g/mol. The van der Waals surface area contributed by atoms with Gasteiger partial charge in [-0.3, -0.25) is 4.79 Å². The molecule has 3 atom stereocenters. The molecule has 110 valence electrons. The lowest BCUT2D eigenvalue weighted by Crippen LogP contribution is -2.52. The van der Waals surface area contributed by atoms with Crippen molar-refractivity contribution in [1.82, 2.24) is 10.6 Å². The number of hydrogen-bond acceptors (Lipinski definition) is 4. The summed E-state index contributed by atoms with van der Waals surface area (Å²) >= 11 is 1.56. The van der Waals surface area contributed by atoms with E-state index in [1.807, 2.05) is 23.8 Å². The van der Waals surface area contributed by atoms with Gasteiger partial charge in [-0.05, 0) is 36.2 Å². The zero-order chi connectivity index (χ0) is 14.8. The van der Waals surface area contributed by atoms with Crippen LogP contribution < -0.4 is 10.6 Å². The number of nitrogens with one attached hydrogen (secondary N) is 2. The Morgan fingerprint density at radius 2 is 2.35 bits per heavy atom.